The highest BCUT2D eigenvalue weighted by Gasteiger charge is 2.62. The average molecular weight is 469 g/mol. The molecule has 3 fully saturated rings. The molecule has 2 aromatic carbocycles. The minimum absolute atomic E-state index is 0. The topological polar surface area (TPSA) is 109 Å². The van der Waals surface area contributed by atoms with Gasteiger partial charge in [0.25, 0.3) is 0 Å². The first-order chi connectivity index (χ1) is 15.5. The summed E-state index contributed by atoms with van der Waals surface area (Å²) in [6.07, 6.45) is 1.96. The Kier molecular flexibility index (Phi) is 5.29. The summed E-state index contributed by atoms with van der Waals surface area (Å²) in [5.41, 5.74) is 8.11. The van der Waals surface area contributed by atoms with Gasteiger partial charge in [-0.25, -0.2) is 0 Å². The zero-order valence-corrected chi connectivity index (χ0v) is 18.7. The maximum absolute atomic E-state index is 13.6. The number of rotatable bonds is 4. The Morgan fingerprint density at radius 1 is 1.03 bits per heavy atom. The van der Waals surface area contributed by atoms with E-state index >= 15 is 0 Å². The van der Waals surface area contributed by atoms with E-state index in [0.717, 1.165) is 30.5 Å². The van der Waals surface area contributed by atoms with E-state index in [-0.39, 0.29) is 67.3 Å². The molecule has 0 aromatic heterocycles. The van der Waals surface area contributed by atoms with Crippen LogP contribution in [0.3, 0.4) is 0 Å². The molecule has 4 aliphatic rings. The molecule has 0 bridgehead atoms. The van der Waals surface area contributed by atoms with Gasteiger partial charge in [0.1, 0.15) is 5.84 Å². The number of halogens is 1. The lowest BCUT2D eigenvalue weighted by molar-refractivity contribution is -0.142. The Bertz CT molecular complexity index is 1140. The van der Waals surface area contributed by atoms with E-state index in [0.29, 0.717) is 17.1 Å². The van der Waals surface area contributed by atoms with Crippen LogP contribution in [-0.2, 0) is 16.1 Å². The maximum atomic E-state index is 13.6. The predicted octanol–water partition coefficient (Wildman–Crippen LogP) is 2.44. The average Bonchev–Trinajstić information content (AvgIpc) is 3.54. The number of hydrogen-bond donors (Lipinski definition) is 2. The van der Waals surface area contributed by atoms with Gasteiger partial charge in [0, 0.05) is 17.6 Å². The fourth-order valence-electron chi connectivity index (χ4n) is 5.90. The second kappa shape index (κ2) is 8.04. The number of carbonyl (C=O) groups is 2. The van der Waals surface area contributed by atoms with E-state index in [2.05, 4.69) is 4.90 Å². The molecule has 6 rings (SSSR count). The molecule has 9 heteroatoms. The Morgan fingerprint density at radius 2 is 1.76 bits per heavy atom. The molecule has 172 valence electrons. The second-order valence-corrected chi connectivity index (χ2v) is 8.93. The monoisotopic (exact) mass is 468 g/mol. The Morgan fingerprint density at radius 3 is 2.52 bits per heavy atom. The molecule has 4 heterocycles. The van der Waals surface area contributed by atoms with Crippen LogP contribution >= 0.6 is 12.4 Å². The first kappa shape index (κ1) is 21.7. The lowest BCUT2D eigenvalue weighted by atomic mass is 9.85. The van der Waals surface area contributed by atoms with E-state index in [1.54, 1.807) is 0 Å². The van der Waals surface area contributed by atoms with Crippen molar-refractivity contribution < 1.29 is 19.1 Å². The van der Waals surface area contributed by atoms with Gasteiger partial charge in [-0.15, -0.1) is 12.4 Å². The molecule has 2 amide bonds. The number of amides is 2. The summed E-state index contributed by atoms with van der Waals surface area (Å²) in [5, 5.41) is 7.63. The molecule has 3 saturated heterocycles. The third-order valence-electron chi connectivity index (χ3n) is 7.28. The van der Waals surface area contributed by atoms with Gasteiger partial charge >= 0.3 is 0 Å². The first-order valence-corrected chi connectivity index (χ1v) is 11.0. The number of nitrogens with zero attached hydrogens (tertiary/aromatic N) is 2. The molecule has 4 unspecified atom stereocenters. The van der Waals surface area contributed by atoms with Gasteiger partial charge < -0.3 is 15.2 Å². The highest BCUT2D eigenvalue weighted by atomic mass is 35.5. The zero-order chi connectivity index (χ0) is 22.0. The minimum Gasteiger partial charge on any atom is -0.454 e. The standard InChI is InChI=1S/C24H24N4O4.ClH/c25-22(26)15-6-4-14(5-7-15)21-20-19(16-2-1-9-27(16)21)23(29)28(24(20)30)11-13-3-8-17-18(10-13)32-12-31-17;/h3-8,10,16,19-21H,1-2,9,11-12H2,(H3,25,26);1H. The lowest BCUT2D eigenvalue weighted by Crippen LogP contribution is -2.38. The molecular weight excluding hydrogens is 444 g/mol. The Balaban J connectivity index is 0.00000228. The number of nitrogen functional groups attached to an aromatic ring is 1. The fraction of sp³-hybridized carbons (Fsp3) is 0.375. The summed E-state index contributed by atoms with van der Waals surface area (Å²) in [6.45, 7) is 1.32. The van der Waals surface area contributed by atoms with Gasteiger partial charge in [0.2, 0.25) is 18.6 Å². The van der Waals surface area contributed by atoms with Gasteiger partial charge in [0.05, 0.1) is 18.4 Å². The van der Waals surface area contributed by atoms with Crippen LogP contribution in [0.5, 0.6) is 11.5 Å². The highest BCUT2D eigenvalue weighted by Crippen LogP contribution is 2.53. The number of nitrogens with one attached hydrogen (secondary N) is 1. The van der Waals surface area contributed by atoms with Crippen molar-refractivity contribution in [2.24, 2.45) is 17.6 Å². The van der Waals surface area contributed by atoms with Gasteiger partial charge in [-0.1, -0.05) is 30.3 Å². The van der Waals surface area contributed by atoms with Gasteiger partial charge in [-0.2, -0.15) is 0 Å². The van der Waals surface area contributed by atoms with Crippen LogP contribution in [-0.4, -0.2) is 46.8 Å². The van der Waals surface area contributed by atoms with Crippen molar-refractivity contribution in [3.63, 3.8) is 0 Å². The number of carbonyl (C=O) groups excluding carboxylic acids is 2. The van der Waals surface area contributed by atoms with E-state index in [1.807, 2.05) is 42.5 Å². The van der Waals surface area contributed by atoms with Crippen LogP contribution in [0.25, 0.3) is 0 Å². The fourth-order valence-corrected chi connectivity index (χ4v) is 5.90. The largest absolute Gasteiger partial charge is 0.454 e. The van der Waals surface area contributed by atoms with Crippen LogP contribution < -0.4 is 15.2 Å². The molecule has 4 aliphatic heterocycles. The number of nitrogens with two attached hydrogens (primary N) is 1. The van der Waals surface area contributed by atoms with Crippen LogP contribution in [0.4, 0.5) is 0 Å². The summed E-state index contributed by atoms with van der Waals surface area (Å²) in [6, 6.07) is 13.0. The van der Waals surface area contributed by atoms with Crippen molar-refractivity contribution in [3.8, 4) is 11.5 Å². The van der Waals surface area contributed by atoms with Crippen molar-refractivity contribution in [2.45, 2.75) is 31.5 Å². The summed E-state index contributed by atoms with van der Waals surface area (Å²) in [5.74, 6) is 0.473. The Labute approximate surface area is 197 Å². The molecule has 4 atom stereocenters. The van der Waals surface area contributed by atoms with Crippen LogP contribution in [0.1, 0.15) is 35.6 Å². The van der Waals surface area contributed by atoms with Crippen molar-refractivity contribution in [2.75, 3.05) is 13.3 Å². The van der Waals surface area contributed by atoms with E-state index in [1.165, 1.54) is 4.90 Å². The van der Waals surface area contributed by atoms with E-state index in [9.17, 15) is 9.59 Å². The number of fused-ring (bicyclic) bond motifs is 4. The molecule has 0 saturated carbocycles. The normalized spacial score (nSPS) is 27.5. The van der Waals surface area contributed by atoms with E-state index < -0.39 is 0 Å². The molecular formula is C24H25ClN4O4. The number of amidine groups is 1. The number of ether oxygens (including phenoxy) is 2. The second-order valence-electron chi connectivity index (χ2n) is 8.93. The molecule has 0 spiro atoms. The third kappa shape index (κ3) is 3.28. The summed E-state index contributed by atoms with van der Waals surface area (Å²) in [4.78, 5) is 30.8. The van der Waals surface area contributed by atoms with Crippen molar-refractivity contribution in [1.82, 2.24) is 9.80 Å². The lowest BCUT2D eigenvalue weighted by Gasteiger charge is -2.29. The molecule has 33 heavy (non-hydrogen) atoms. The first-order valence-electron chi connectivity index (χ1n) is 11.0. The maximum Gasteiger partial charge on any atom is 0.235 e. The predicted molar refractivity (Wildman–Crippen MR) is 122 cm³/mol. The van der Waals surface area contributed by atoms with Crippen molar-refractivity contribution in [3.05, 3.63) is 59.2 Å². The molecule has 2 aromatic rings. The summed E-state index contributed by atoms with van der Waals surface area (Å²) < 4.78 is 10.8. The number of benzene rings is 2. The van der Waals surface area contributed by atoms with Crippen LogP contribution in [0, 0.1) is 17.2 Å². The van der Waals surface area contributed by atoms with Gasteiger partial charge in [-0.05, 0) is 42.6 Å². The number of hydrogen-bond acceptors (Lipinski definition) is 6. The van der Waals surface area contributed by atoms with Crippen molar-refractivity contribution >= 4 is 30.1 Å². The molecule has 3 N–H and O–H groups in total. The molecule has 8 nitrogen and oxygen atoms in total. The number of likely N-dealkylation sites (tertiary alicyclic amines) is 1. The highest BCUT2D eigenvalue weighted by molar-refractivity contribution is 6.06. The smallest absolute Gasteiger partial charge is 0.235 e. The van der Waals surface area contributed by atoms with Crippen molar-refractivity contribution in [1.29, 1.82) is 5.41 Å². The molecule has 0 aliphatic carbocycles. The Hall–Kier alpha value is -3.10. The van der Waals surface area contributed by atoms with Crippen LogP contribution in [0.2, 0.25) is 0 Å². The van der Waals surface area contributed by atoms with Gasteiger partial charge in [-0.3, -0.25) is 24.8 Å². The van der Waals surface area contributed by atoms with Gasteiger partial charge in [0.15, 0.2) is 11.5 Å². The van der Waals surface area contributed by atoms with E-state index in [4.69, 9.17) is 20.6 Å². The van der Waals surface area contributed by atoms with Crippen LogP contribution in [0.15, 0.2) is 42.5 Å². The molecule has 0 radical (unpaired) electrons. The quantitative estimate of drug-likeness (QED) is 0.405. The summed E-state index contributed by atoms with van der Waals surface area (Å²) >= 11 is 0. The third-order valence-corrected chi connectivity index (χ3v) is 7.28. The number of imide groups is 1. The minimum atomic E-state index is -0.384. The summed E-state index contributed by atoms with van der Waals surface area (Å²) in [7, 11) is 0. The zero-order valence-electron chi connectivity index (χ0n) is 17.9. The SMILES string of the molecule is Cl.N=C(N)c1ccc(C2C3C(=O)N(Cc4ccc5c(c4)OCO5)C(=O)C3C3CCCN32)cc1.